The smallest absolute Gasteiger partial charge is 0.361 e. The van der Waals surface area contributed by atoms with Crippen LogP contribution in [0.2, 0.25) is 0 Å². The van der Waals surface area contributed by atoms with E-state index in [1.165, 1.54) is 340 Å². The number of ether oxygens (including phenoxy) is 4. The lowest BCUT2D eigenvalue weighted by Gasteiger charge is -2.25. The third-order valence-corrected chi connectivity index (χ3v) is 18.4. The maximum absolute atomic E-state index is 13.0. The van der Waals surface area contributed by atoms with Crippen molar-refractivity contribution in [3.8, 4) is 0 Å². The first kappa shape index (κ1) is 88.5. The highest BCUT2D eigenvalue weighted by atomic mass is 16.7. The SMILES string of the molecule is CCCCCCC/C=C\C/C=C\CCCCCCCCCCCCCCCCCCCCCCCCCCCCCC(=O)OC(COC(=O)CCCCCCCCCCCCCCCCC/C=C\CCCCCCCCCC)COC(OCC[N+](C)(C)C)C(=O)O. The second-order valence-electron chi connectivity index (χ2n) is 28.7. The van der Waals surface area contributed by atoms with Gasteiger partial charge in [0.1, 0.15) is 13.2 Å². The van der Waals surface area contributed by atoms with Gasteiger partial charge in [0.05, 0.1) is 34.4 Å². The number of esters is 2. The van der Waals surface area contributed by atoms with E-state index in [0.717, 1.165) is 44.9 Å². The molecule has 0 fully saturated rings. The molecule has 0 aliphatic heterocycles. The number of rotatable bonds is 76. The lowest BCUT2D eigenvalue weighted by molar-refractivity contribution is -0.870. The molecule has 9 nitrogen and oxygen atoms in total. The molecule has 0 bridgehead atoms. The lowest BCUT2D eigenvalue weighted by atomic mass is 10.0. The first-order valence-corrected chi connectivity index (χ1v) is 40.2. The van der Waals surface area contributed by atoms with Gasteiger partial charge < -0.3 is 28.5 Å². The van der Waals surface area contributed by atoms with E-state index in [2.05, 4.69) is 50.3 Å². The molecule has 536 valence electrons. The zero-order valence-electron chi connectivity index (χ0n) is 61.5. The molecule has 2 unspecified atom stereocenters. The van der Waals surface area contributed by atoms with Crippen molar-refractivity contribution in [2.75, 3.05) is 47.5 Å². The number of hydrogen-bond donors (Lipinski definition) is 1. The van der Waals surface area contributed by atoms with Crippen LogP contribution in [0.1, 0.15) is 412 Å². The number of carbonyl (C=O) groups is 3. The Labute approximate surface area is 566 Å². The van der Waals surface area contributed by atoms with Crippen molar-refractivity contribution in [3.05, 3.63) is 36.5 Å². The summed E-state index contributed by atoms with van der Waals surface area (Å²) >= 11 is 0. The molecule has 0 aliphatic rings. The average Bonchev–Trinajstić information content (AvgIpc) is 3.46. The van der Waals surface area contributed by atoms with Gasteiger partial charge in [-0.2, -0.15) is 0 Å². The maximum Gasteiger partial charge on any atom is 0.361 e. The van der Waals surface area contributed by atoms with Crippen molar-refractivity contribution in [1.29, 1.82) is 0 Å². The molecule has 1 N–H and O–H groups in total. The van der Waals surface area contributed by atoms with Gasteiger partial charge in [0.25, 0.3) is 6.29 Å². The molecule has 0 radical (unpaired) electrons. The van der Waals surface area contributed by atoms with E-state index < -0.39 is 18.4 Å². The van der Waals surface area contributed by atoms with Gasteiger partial charge in [-0.05, 0) is 70.6 Å². The number of hydrogen-bond acceptors (Lipinski definition) is 7. The van der Waals surface area contributed by atoms with Crippen molar-refractivity contribution in [2.24, 2.45) is 0 Å². The summed E-state index contributed by atoms with van der Waals surface area (Å²) in [6, 6.07) is 0. The number of nitrogens with zero attached hydrogens (tertiary/aromatic N) is 1. The second kappa shape index (κ2) is 73.3. The minimum atomic E-state index is -1.51. The Morgan fingerprint density at radius 3 is 0.879 bits per heavy atom. The van der Waals surface area contributed by atoms with E-state index in [0.29, 0.717) is 17.4 Å². The Kier molecular flexibility index (Phi) is 71.3. The van der Waals surface area contributed by atoms with Crippen LogP contribution in [-0.2, 0) is 33.3 Å². The fourth-order valence-corrected chi connectivity index (χ4v) is 12.2. The van der Waals surface area contributed by atoms with Crippen LogP contribution in [0.25, 0.3) is 0 Å². The third-order valence-electron chi connectivity index (χ3n) is 18.4. The van der Waals surface area contributed by atoms with Gasteiger partial charge in [0.15, 0.2) is 6.10 Å². The molecular formula is C82H156NO8+. The molecule has 0 aromatic carbocycles. The molecule has 0 rings (SSSR count). The molecule has 0 aromatic heterocycles. The highest BCUT2D eigenvalue weighted by Gasteiger charge is 2.25. The molecule has 0 heterocycles. The van der Waals surface area contributed by atoms with Crippen LogP contribution in [0.5, 0.6) is 0 Å². The number of carboxylic acids is 1. The number of carboxylic acid groups (broad SMARTS) is 1. The molecule has 0 saturated heterocycles. The highest BCUT2D eigenvalue weighted by molar-refractivity contribution is 5.71. The topological polar surface area (TPSA) is 108 Å². The molecule has 91 heavy (non-hydrogen) atoms. The van der Waals surface area contributed by atoms with Crippen LogP contribution in [0.15, 0.2) is 36.5 Å². The van der Waals surface area contributed by atoms with E-state index in [1.807, 2.05) is 21.1 Å². The normalized spacial score (nSPS) is 12.8. The third kappa shape index (κ3) is 74.8. The summed E-state index contributed by atoms with van der Waals surface area (Å²) in [6.45, 7) is 4.95. The van der Waals surface area contributed by atoms with Crippen LogP contribution < -0.4 is 0 Å². The molecule has 2 atom stereocenters. The Morgan fingerprint density at radius 1 is 0.330 bits per heavy atom. The highest BCUT2D eigenvalue weighted by Crippen LogP contribution is 2.20. The van der Waals surface area contributed by atoms with Crippen molar-refractivity contribution in [1.82, 2.24) is 0 Å². The molecule has 0 aliphatic carbocycles. The molecular weight excluding hydrogens is 1130 g/mol. The predicted molar refractivity (Wildman–Crippen MR) is 392 cm³/mol. The molecule has 0 saturated carbocycles. The zero-order valence-corrected chi connectivity index (χ0v) is 61.5. The largest absolute Gasteiger partial charge is 0.477 e. The van der Waals surface area contributed by atoms with E-state index in [9.17, 15) is 19.5 Å². The Morgan fingerprint density at radius 2 is 0.593 bits per heavy atom. The van der Waals surface area contributed by atoms with Gasteiger partial charge in [-0.1, -0.05) is 365 Å². The van der Waals surface area contributed by atoms with Gasteiger partial charge >= 0.3 is 17.9 Å². The summed E-state index contributed by atoms with van der Waals surface area (Å²) in [7, 11) is 6.00. The summed E-state index contributed by atoms with van der Waals surface area (Å²) < 4.78 is 23.1. The first-order chi connectivity index (χ1) is 44.6. The fraction of sp³-hybridized carbons (Fsp3) is 0.890. The number of allylic oxidation sites excluding steroid dienone is 6. The van der Waals surface area contributed by atoms with Crippen molar-refractivity contribution >= 4 is 17.9 Å². The standard InChI is InChI=1S/C82H155NO8/c1-6-8-10-12-14-16-18-20-22-24-26-28-30-32-34-35-36-37-38-39-40-41-42-43-44-45-47-49-51-53-55-57-59-61-63-65-67-69-71-73-80(85)91-78(77-90-82(81(86)87)88-75-74-83(3,4)5)76-89-79(84)72-70-68-66-64-62-60-58-56-54-52-50-48-46-33-31-29-27-25-23-21-19-17-15-13-11-9-7-2/h18,20,24-27,78,82H,6-17,19,21-23,28-77H2,1-5H3/p+1/b20-18-,26-24-,27-25-. The summed E-state index contributed by atoms with van der Waals surface area (Å²) in [5.74, 6) is -1.97. The minimum Gasteiger partial charge on any atom is -0.477 e. The summed E-state index contributed by atoms with van der Waals surface area (Å²) in [6.07, 6.45) is 91.6. The zero-order chi connectivity index (χ0) is 66.1. The Hall–Kier alpha value is -2.49. The molecule has 9 heteroatoms. The number of unbranched alkanes of at least 4 members (excludes halogenated alkanes) is 55. The molecule has 0 aromatic rings. The quantitative estimate of drug-likeness (QED) is 0.0211. The van der Waals surface area contributed by atoms with Crippen LogP contribution in [0.4, 0.5) is 0 Å². The van der Waals surface area contributed by atoms with Crippen LogP contribution in [0, 0.1) is 0 Å². The van der Waals surface area contributed by atoms with E-state index in [4.69, 9.17) is 18.9 Å². The monoisotopic (exact) mass is 1280 g/mol. The van der Waals surface area contributed by atoms with Gasteiger partial charge in [0.2, 0.25) is 0 Å². The van der Waals surface area contributed by atoms with Gasteiger partial charge in [-0.15, -0.1) is 0 Å². The summed E-state index contributed by atoms with van der Waals surface area (Å²) in [5.41, 5.74) is 0. The summed E-state index contributed by atoms with van der Waals surface area (Å²) in [5, 5.41) is 9.77. The molecule has 0 spiro atoms. The van der Waals surface area contributed by atoms with Crippen molar-refractivity contribution in [2.45, 2.75) is 424 Å². The molecule has 0 amide bonds. The van der Waals surface area contributed by atoms with Crippen LogP contribution in [0.3, 0.4) is 0 Å². The van der Waals surface area contributed by atoms with Crippen LogP contribution >= 0.6 is 0 Å². The van der Waals surface area contributed by atoms with Gasteiger partial charge in [0, 0.05) is 12.8 Å². The van der Waals surface area contributed by atoms with Gasteiger partial charge in [-0.3, -0.25) is 9.59 Å². The second-order valence-corrected chi connectivity index (χ2v) is 28.7. The minimum absolute atomic E-state index is 0.175. The van der Waals surface area contributed by atoms with Crippen molar-refractivity contribution in [3.63, 3.8) is 0 Å². The average molecular weight is 1280 g/mol. The Bertz CT molecular complexity index is 1590. The number of likely N-dealkylation sites (N-methyl/N-ethyl adjacent to an activating group) is 1. The lowest BCUT2D eigenvalue weighted by Crippen LogP contribution is -2.40. The maximum atomic E-state index is 13.0. The van der Waals surface area contributed by atoms with E-state index >= 15 is 0 Å². The predicted octanol–water partition coefficient (Wildman–Crippen LogP) is 25.5. The number of quaternary nitrogens is 1. The van der Waals surface area contributed by atoms with E-state index in [-0.39, 0.29) is 38.2 Å². The first-order valence-electron chi connectivity index (χ1n) is 40.2. The fourth-order valence-electron chi connectivity index (χ4n) is 12.2. The van der Waals surface area contributed by atoms with Gasteiger partial charge in [-0.25, -0.2) is 4.79 Å². The summed E-state index contributed by atoms with van der Waals surface area (Å²) in [4.78, 5) is 37.7. The Balaban J connectivity index is 3.95. The van der Waals surface area contributed by atoms with Crippen molar-refractivity contribution < 1.29 is 42.9 Å². The number of carbonyl (C=O) groups excluding carboxylic acids is 2. The number of aliphatic carboxylic acids is 1. The van der Waals surface area contributed by atoms with Crippen LogP contribution in [-0.4, -0.2) is 87.4 Å². The van der Waals surface area contributed by atoms with E-state index in [1.54, 1.807) is 0 Å².